The van der Waals surface area contributed by atoms with Crippen molar-refractivity contribution in [2.45, 2.75) is 51.6 Å². The third-order valence-corrected chi connectivity index (χ3v) is 8.19. The van der Waals surface area contributed by atoms with E-state index in [1.807, 2.05) is 30.0 Å². The van der Waals surface area contributed by atoms with Crippen molar-refractivity contribution >= 4 is 22.9 Å². The number of halogens is 4. The number of hydrogen-bond acceptors (Lipinski definition) is 5. The van der Waals surface area contributed by atoms with Crippen molar-refractivity contribution in [3.8, 4) is 0 Å². The molecule has 3 aromatic rings. The van der Waals surface area contributed by atoms with Gasteiger partial charge in [-0.1, -0.05) is 18.2 Å². The first-order valence-corrected chi connectivity index (χ1v) is 14.1. The standard InChI is InChI=1S/C15H18F2N2O.C15H18F2N2.CH4O/c16-12-6-13(17)8-14(7-12)19-3-1-2-15(11-19)9-18(10-15)4-5-20;1-10-7-12-11-5-3-4-6-13(11)18-14(12)8-19(10)9-15(2,16)17;1-2/h5-8H,1-4,9-11H2;3-6,10,18H,7-9H2,1-2H3;2H,1H3. The molecule has 1 spiro atoms. The van der Waals surface area contributed by atoms with Gasteiger partial charge in [-0.3, -0.25) is 9.80 Å². The predicted octanol–water partition coefficient (Wildman–Crippen LogP) is 5.24. The molecule has 10 heteroatoms. The molecule has 3 aliphatic heterocycles. The summed E-state index contributed by atoms with van der Waals surface area (Å²) in [5.74, 6) is -3.70. The summed E-state index contributed by atoms with van der Waals surface area (Å²) in [6.07, 6.45) is 3.90. The Hall–Kier alpha value is -2.95. The van der Waals surface area contributed by atoms with Gasteiger partial charge in [0.25, 0.3) is 5.92 Å². The Morgan fingerprint density at radius 3 is 2.44 bits per heavy atom. The minimum Gasteiger partial charge on any atom is -0.400 e. The highest BCUT2D eigenvalue weighted by molar-refractivity contribution is 5.84. The fourth-order valence-corrected chi connectivity index (χ4v) is 6.52. The molecule has 1 aromatic heterocycles. The van der Waals surface area contributed by atoms with Gasteiger partial charge in [0.05, 0.1) is 13.1 Å². The Bertz CT molecular complexity index is 1300. The van der Waals surface area contributed by atoms with Crippen LogP contribution in [0.15, 0.2) is 42.5 Å². The Kier molecular flexibility index (Phi) is 9.77. The molecule has 0 radical (unpaired) electrons. The van der Waals surface area contributed by atoms with Crippen LogP contribution in [0.5, 0.6) is 0 Å². The first-order valence-electron chi connectivity index (χ1n) is 14.1. The van der Waals surface area contributed by atoms with Crippen LogP contribution in [0.25, 0.3) is 10.9 Å². The van der Waals surface area contributed by atoms with Crippen LogP contribution in [-0.2, 0) is 17.8 Å². The largest absolute Gasteiger partial charge is 0.400 e. The summed E-state index contributed by atoms with van der Waals surface area (Å²) in [7, 11) is 1.00. The number of piperidine rings is 1. The number of carbonyl (C=O) groups is 1. The minimum atomic E-state index is -2.64. The van der Waals surface area contributed by atoms with Crippen molar-refractivity contribution < 1.29 is 27.5 Å². The molecular weight excluding hydrogens is 536 g/mol. The summed E-state index contributed by atoms with van der Waals surface area (Å²) in [4.78, 5) is 19.9. The van der Waals surface area contributed by atoms with Crippen LogP contribution in [-0.4, -0.2) is 84.5 Å². The van der Waals surface area contributed by atoms with Gasteiger partial charge in [-0.15, -0.1) is 0 Å². The molecule has 2 N–H and O–H groups in total. The Labute approximate surface area is 238 Å². The topological polar surface area (TPSA) is 62.8 Å². The molecule has 0 amide bonds. The van der Waals surface area contributed by atoms with Crippen LogP contribution in [0.2, 0.25) is 0 Å². The van der Waals surface area contributed by atoms with Crippen LogP contribution >= 0.6 is 0 Å². The lowest BCUT2D eigenvalue weighted by Crippen LogP contribution is -2.63. The summed E-state index contributed by atoms with van der Waals surface area (Å²) in [5.41, 5.74) is 4.28. The number of hydrogen-bond donors (Lipinski definition) is 2. The number of rotatable bonds is 5. The maximum Gasteiger partial charge on any atom is 0.257 e. The van der Waals surface area contributed by atoms with Crippen molar-refractivity contribution in [3.05, 3.63) is 65.4 Å². The molecular formula is C31H40F4N4O2. The Morgan fingerprint density at radius 1 is 1.10 bits per heavy atom. The number of alkyl halides is 2. The van der Waals surface area contributed by atoms with Gasteiger partial charge in [0.1, 0.15) is 17.9 Å². The predicted molar refractivity (Wildman–Crippen MR) is 153 cm³/mol. The van der Waals surface area contributed by atoms with E-state index in [0.29, 0.717) is 18.8 Å². The number of nitrogens with one attached hydrogen (secondary N) is 1. The molecule has 0 aliphatic carbocycles. The van der Waals surface area contributed by atoms with E-state index in [1.54, 1.807) is 0 Å². The van der Waals surface area contributed by atoms with Crippen LogP contribution in [0, 0.1) is 17.0 Å². The van der Waals surface area contributed by atoms with Gasteiger partial charge in [-0.2, -0.15) is 0 Å². The van der Waals surface area contributed by atoms with E-state index in [2.05, 4.69) is 20.9 Å². The first-order chi connectivity index (χ1) is 19.5. The molecule has 224 valence electrons. The summed E-state index contributed by atoms with van der Waals surface area (Å²) >= 11 is 0. The lowest BCUT2D eigenvalue weighted by Gasteiger charge is -2.54. The van der Waals surface area contributed by atoms with Gasteiger partial charge >= 0.3 is 0 Å². The maximum atomic E-state index is 13.3. The number of aromatic amines is 1. The number of nitrogens with zero attached hydrogens (tertiary/aromatic N) is 3. The van der Waals surface area contributed by atoms with E-state index < -0.39 is 17.6 Å². The number of H-pyrrole nitrogens is 1. The molecule has 0 bridgehead atoms. The van der Waals surface area contributed by atoms with Crippen molar-refractivity contribution in [2.75, 3.05) is 51.3 Å². The maximum absolute atomic E-state index is 13.3. The molecule has 1 unspecified atom stereocenters. The number of para-hydroxylation sites is 1. The van der Waals surface area contributed by atoms with Gasteiger partial charge in [-0.05, 0) is 49.9 Å². The highest BCUT2D eigenvalue weighted by atomic mass is 19.3. The zero-order chi connectivity index (χ0) is 29.8. The Morgan fingerprint density at radius 2 is 1.78 bits per heavy atom. The number of fused-ring (bicyclic) bond motifs is 3. The van der Waals surface area contributed by atoms with Crippen LogP contribution in [0.4, 0.5) is 23.2 Å². The van der Waals surface area contributed by atoms with Crippen LogP contribution < -0.4 is 4.90 Å². The smallest absolute Gasteiger partial charge is 0.257 e. The summed E-state index contributed by atoms with van der Waals surface area (Å²) < 4.78 is 53.1. The molecule has 1 atom stereocenters. The normalized spacial score (nSPS) is 20.4. The van der Waals surface area contributed by atoms with E-state index >= 15 is 0 Å². The lowest BCUT2D eigenvalue weighted by atomic mass is 9.73. The van der Waals surface area contributed by atoms with Gasteiger partial charge < -0.3 is 19.8 Å². The van der Waals surface area contributed by atoms with E-state index in [4.69, 9.17) is 5.11 Å². The molecule has 6 rings (SSSR count). The molecule has 2 fully saturated rings. The second-order valence-electron chi connectivity index (χ2n) is 11.6. The summed E-state index contributed by atoms with van der Waals surface area (Å²) in [6, 6.07) is 12.0. The molecule has 3 aliphatic rings. The first kappa shape index (κ1) is 31.0. The number of aldehydes is 1. The monoisotopic (exact) mass is 576 g/mol. The molecule has 6 nitrogen and oxygen atoms in total. The van der Waals surface area contributed by atoms with Gasteiger partial charge in [0, 0.05) is 86.6 Å². The van der Waals surface area contributed by atoms with Crippen LogP contribution in [0.1, 0.15) is 37.9 Å². The van der Waals surface area contributed by atoms with E-state index in [-0.39, 0.29) is 18.0 Å². The molecule has 0 saturated carbocycles. The number of aromatic nitrogens is 1. The molecule has 2 aromatic carbocycles. The van der Waals surface area contributed by atoms with Crippen LogP contribution in [0.3, 0.4) is 0 Å². The van der Waals surface area contributed by atoms with Crippen molar-refractivity contribution in [1.82, 2.24) is 14.8 Å². The average molecular weight is 577 g/mol. The van der Waals surface area contributed by atoms with E-state index in [0.717, 1.165) is 83.0 Å². The summed E-state index contributed by atoms with van der Waals surface area (Å²) in [6.45, 7) is 7.34. The number of anilines is 1. The van der Waals surface area contributed by atoms with Crippen molar-refractivity contribution in [2.24, 2.45) is 5.41 Å². The van der Waals surface area contributed by atoms with Gasteiger partial charge in [0.15, 0.2) is 0 Å². The van der Waals surface area contributed by atoms with E-state index in [9.17, 15) is 22.4 Å². The number of aliphatic hydroxyl groups excluding tert-OH is 1. The number of aliphatic hydroxyl groups is 1. The quantitative estimate of drug-likeness (QED) is 0.321. The van der Waals surface area contributed by atoms with Crippen molar-refractivity contribution in [3.63, 3.8) is 0 Å². The Balaban J connectivity index is 0.000000178. The fourth-order valence-electron chi connectivity index (χ4n) is 6.52. The minimum absolute atomic E-state index is 0.150. The van der Waals surface area contributed by atoms with E-state index in [1.165, 1.54) is 23.1 Å². The van der Waals surface area contributed by atoms with Gasteiger partial charge in [0.2, 0.25) is 0 Å². The molecule has 2 saturated heterocycles. The number of benzene rings is 2. The molecule has 4 heterocycles. The number of likely N-dealkylation sites (tertiary alicyclic amines) is 1. The zero-order valence-corrected chi connectivity index (χ0v) is 24.0. The summed E-state index contributed by atoms with van der Waals surface area (Å²) in [5, 5.41) is 8.23. The van der Waals surface area contributed by atoms with Gasteiger partial charge in [-0.25, -0.2) is 17.6 Å². The SMILES string of the molecule is CC1Cc2c([nH]c3ccccc23)CN1CC(C)(F)F.CO.O=CCN1CC2(CCCN(c3cc(F)cc(F)c3)C2)C1. The third-order valence-electron chi connectivity index (χ3n) is 8.19. The molecule has 41 heavy (non-hydrogen) atoms. The lowest BCUT2D eigenvalue weighted by molar-refractivity contribution is -0.112. The average Bonchev–Trinajstić information content (AvgIpc) is 3.26. The second kappa shape index (κ2) is 12.9. The fraction of sp³-hybridized carbons (Fsp3) is 0.516. The second-order valence-corrected chi connectivity index (χ2v) is 11.6. The zero-order valence-electron chi connectivity index (χ0n) is 24.0. The number of carbonyl (C=O) groups excluding carboxylic acids is 1. The highest BCUT2D eigenvalue weighted by Crippen LogP contribution is 2.40. The highest BCUT2D eigenvalue weighted by Gasteiger charge is 2.45. The van der Waals surface area contributed by atoms with Crippen molar-refractivity contribution in [1.29, 1.82) is 0 Å². The third kappa shape index (κ3) is 7.47.